The molecule has 4 heteroatoms. The van der Waals surface area contributed by atoms with Gasteiger partial charge in [-0.3, -0.25) is 0 Å². The molecule has 0 radical (unpaired) electrons. The van der Waals surface area contributed by atoms with Gasteiger partial charge in [-0.1, -0.05) is 6.42 Å². The number of ether oxygens (including phenoxy) is 1. The lowest BCUT2D eigenvalue weighted by atomic mass is 9.83. The molecule has 4 nitrogen and oxygen atoms in total. The molecule has 1 atom stereocenters. The molecule has 0 spiro atoms. The van der Waals surface area contributed by atoms with E-state index in [-0.39, 0.29) is 0 Å². The Hall–Kier alpha value is -1.03. The molecule has 16 heavy (non-hydrogen) atoms. The Balaban J connectivity index is 1.70. The van der Waals surface area contributed by atoms with Gasteiger partial charge in [0.1, 0.15) is 5.82 Å². The van der Waals surface area contributed by atoms with Crippen molar-refractivity contribution in [2.24, 2.45) is 0 Å². The third-order valence-corrected chi connectivity index (χ3v) is 3.75. The minimum Gasteiger partial charge on any atom is -0.384 e. The van der Waals surface area contributed by atoms with Crippen molar-refractivity contribution in [3.05, 3.63) is 11.8 Å². The maximum Gasteiger partial charge on any atom is 0.122 e. The zero-order valence-electron chi connectivity index (χ0n) is 9.56. The van der Waals surface area contributed by atoms with Crippen LogP contribution in [0, 0.1) is 0 Å². The first-order valence-electron chi connectivity index (χ1n) is 6.28. The summed E-state index contributed by atoms with van der Waals surface area (Å²) in [6.07, 6.45) is 6.51. The quantitative estimate of drug-likeness (QED) is 0.848. The topological polar surface area (TPSA) is 53.1 Å². The lowest BCUT2D eigenvalue weighted by Gasteiger charge is -2.22. The van der Waals surface area contributed by atoms with Gasteiger partial charge in [0.25, 0.3) is 0 Å². The predicted octanol–water partition coefficient (Wildman–Crippen LogP) is 1.91. The molecule has 2 heterocycles. The zero-order chi connectivity index (χ0) is 11.0. The van der Waals surface area contributed by atoms with Gasteiger partial charge in [-0.05, 0) is 25.7 Å². The Labute approximate surface area is 95.8 Å². The van der Waals surface area contributed by atoms with Crippen molar-refractivity contribution in [2.45, 2.75) is 50.7 Å². The summed E-state index contributed by atoms with van der Waals surface area (Å²) < 4.78 is 7.53. The van der Waals surface area contributed by atoms with Crippen LogP contribution in [0.25, 0.3) is 0 Å². The Morgan fingerprint density at radius 3 is 2.88 bits per heavy atom. The lowest BCUT2D eigenvalue weighted by molar-refractivity contribution is 0.0943. The predicted molar refractivity (Wildman–Crippen MR) is 62.2 cm³/mol. The average Bonchev–Trinajstić information content (AvgIpc) is 2.76. The standard InChI is InChI=1S/C12H19N3O/c13-12-7-11(9-3-1-4-9)14-15(12)8-10-5-2-6-16-10/h7,9-10H,1-6,8,13H2/t10-/m1/s1. The summed E-state index contributed by atoms with van der Waals surface area (Å²) in [5, 5.41) is 4.61. The monoisotopic (exact) mass is 221 g/mol. The first-order valence-corrected chi connectivity index (χ1v) is 6.28. The van der Waals surface area contributed by atoms with E-state index < -0.39 is 0 Å². The summed E-state index contributed by atoms with van der Waals surface area (Å²) in [7, 11) is 0. The molecule has 0 bridgehead atoms. The minimum atomic E-state index is 0.316. The number of nitrogens with zero attached hydrogens (tertiary/aromatic N) is 2. The third-order valence-electron chi connectivity index (χ3n) is 3.75. The van der Waals surface area contributed by atoms with Crippen LogP contribution < -0.4 is 5.73 Å². The van der Waals surface area contributed by atoms with Crippen LogP contribution in [0.4, 0.5) is 5.82 Å². The van der Waals surface area contributed by atoms with E-state index >= 15 is 0 Å². The molecule has 88 valence electrons. The van der Waals surface area contributed by atoms with Crippen molar-refractivity contribution in [3.8, 4) is 0 Å². The summed E-state index contributed by atoms with van der Waals surface area (Å²) in [4.78, 5) is 0. The van der Waals surface area contributed by atoms with Crippen molar-refractivity contribution < 1.29 is 4.74 Å². The number of hydrogen-bond acceptors (Lipinski definition) is 3. The normalized spacial score (nSPS) is 25.9. The summed E-state index contributed by atoms with van der Waals surface area (Å²) >= 11 is 0. The van der Waals surface area contributed by atoms with E-state index in [9.17, 15) is 0 Å². The molecule has 0 aromatic carbocycles. The van der Waals surface area contributed by atoms with Crippen molar-refractivity contribution in [1.82, 2.24) is 9.78 Å². The van der Waals surface area contributed by atoms with Crippen LogP contribution in [0.3, 0.4) is 0 Å². The second kappa shape index (κ2) is 4.09. The Morgan fingerprint density at radius 1 is 1.38 bits per heavy atom. The van der Waals surface area contributed by atoms with Gasteiger partial charge in [0.15, 0.2) is 0 Å². The number of rotatable bonds is 3. The Kier molecular flexibility index (Phi) is 2.59. The fraction of sp³-hybridized carbons (Fsp3) is 0.750. The highest BCUT2D eigenvalue weighted by Crippen LogP contribution is 2.36. The number of nitrogens with two attached hydrogens (primary N) is 1. The van der Waals surface area contributed by atoms with E-state index in [2.05, 4.69) is 5.10 Å². The van der Waals surface area contributed by atoms with Crippen LogP contribution in [0.1, 0.15) is 43.7 Å². The van der Waals surface area contributed by atoms with E-state index in [1.165, 1.54) is 31.4 Å². The summed E-state index contributed by atoms with van der Waals surface area (Å²) in [6.45, 7) is 1.71. The lowest BCUT2D eigenvalue weighted by Crippen LogP contribution is -2.18. The van der Waals surface area contributed by atoms with E-state index in [4.69, 9.17) is 10.5 Å². The van der Waals surface area contributed by atoms with Crippen molar-refractivity contribution >= 4 is 5.82 Å². The molecule has 1 saturated heterocycles. The van der Waals surface area contributed by atoms with Gasteiger partial charge in [-0.15, -0.1) is 0 Å². The second-order valence-corrected chi connectivity index (χ2v) is 4.94. The Morgan fingerprint density at radius 2 is 2.25 bits per heavy atom. The smallest absolute Gasteiger partial charge is 0.122 e. The maximum atomic E-state index is 5.98. The van der Waals surface area contributed by atoms with Gasteiger partial charge in [0.2, 0.25) is 0 Å². The van der Waals surface area contributed by atoms with Crippen molar-refractivity contribution in [2.75, 3.05) is 12.3 Å². The summed E-state index contributed by atoms with van der Waals surface area (Å²) in [6, 6.07) is 2.04. The van der Waals surface area contributed by atoms with Gasteiger partial charge in [-0.25, -0.2) is 4.68 Å². The highest BCUT2D eigenvalue weighted by Gasteiger charge is 2.24. The van der Waals surface area contributed by atoms with Crippen molar-refractivity contribution in [1.29, 1.82) is 0 Å². The molecule has 1 aliphatic carbocycles. The van der Waals surface area contributed by atoms with Gasteiger partial charge >= 0.3 is 0 Å². The number of aromatic nitrogens is 2. The molecule has 2 fully saturated rings. The van der Waals surface area contributed by atoms with Crippen LogP contribution in [-0.4, -0.2) is 22.5 Å². The number of hydrogen-bond donors (Lipinski definition) is 1. The maximum absolute atomic E-state index is 5.98. The van der Waals surface area contributed by atoms with E-state index in [0.29, 0.717) is 12.0 Å². The molecule has 2 aliphatic rings. The van der Waals surface area contributed by atoms with Crippen LogP contribution in [0.5, 0.6) is 0 Å². The zero-order valence-corrected chi connectivity index (χ0v) is 9.56. The summed E-state index contributed by atoms with van der Waals surface area (Å²) in [5.41, 5.74) is 7.16. The van der Waals surface area contributed by atoms with Gasteiger partial charge in [-0.2, -0.15) is 5.10 Å². The van der Waals surface area contributed by atoms with Crippen molar-refractivity contribution in [3.63, 3.8) is 0 Å². The third kappa shape index (κ3) is 1.82. The van der Waals surface area contributed by atoms with Gasteiger partial charge in [0, 0.05) is 18.6 Å². The molecule has 0 amide bonds. The van der Waals surface area contributed by atoms with Gasteiger partial charge in [0.05, 0.1) is 18.3 Å². The largest absolute Gasteiger partial charge is 0.384 e. The second-order valence-electron chi connectivity index (χ2n) is 4.94. The molecular formula is C12H19N3O. The fourth-order valence-electron chi connectivity index (χ4n) is 2.48. The SMILES string of the molecule is Nc1cc(C2CCC2)nn1C[C@H]1CCCO1. The molecule has 0 unspecified atom stereocenters. The first-order chi connectivity index (χ1) is 7.83. The average molecular weight is 221 g/mol. The molecule has 2 N–H and O–H groups in total. The molecule has 1 aromatic rings. The molecule has 1 aliphatic heterocycles. The van der Waals surface area contributed by atoms with Crippen LogP contribution in [0.15, 0.2) is 6.07 Å². The summed E-state index contributed by atoms with van der Waals surface area (Å²) in [5.74, 6) is 1.45. The fourth-order valence-corrected chi connectivity index (χ4v) is 2.48. The van der Waals surface area contributed by atoms with Gasteiger partial charge < -0.3 is 10.5 Å². The first kappa shape index (κ1) is 10.1. The molecule has 1 saturated carbocycles. The molecule has 1 aromatic heterocycles. The molecular weight excluding hydrogens is 202 g/mol. The minimum absolute atomic E-state index is 0.316. The Bertz CT molecular complexity index is 364. The van der Waals surface area contributed by atoms with Crippen LogP contribution >= 0.6 is 0 Å². The van der Waals surface area contributed by atoms with E-state index in [0.717, 1.165) is 25.4 Å². The number of anilines is 1. The highest BCUT2D eigenvalue weighted by molar-refractivity contribution is 5.33. The van der Waals surface area contributed by atoms with Crippen LogP contribution in [0.2, 0.25) is 0 Å². The highest BCUT2D eigenvalue weighted by atomic mass is 16.5. The molecule has 3 rings (SSSR count). The van der Waals surface area contributed by atoms with E-state index in [1.807, 2.05) is 10.7 Å². The number of nitrogen functional groups attached to an aromatic ring is 1. The van der Waals surface area contributed by atoms with E-state index in [1.54, 1.807) is 0 Å². The van der Waals surface area contributed by atoms with Crippen LogP contribution in [-0.2, 0) is 11.3 Å².